The first-order valence-electron chi connectivity index (χ1n) is 16.6. The molecule has 0 bridgehead atoms. The minimum absolute atomic E-state index is 0.168. The highest BCUT2D eigenvalue weighted by Gasteiger charge is 2.30. The van der Waals surface area contributed by atoms with Crippen molar-refractivity contribution in [3.8, 4) is 5.75 Å². The van der Waals surface area contributed by atoms with E-state index < -0.39 is 7.14 Å². The molecular weight excluding hydrogens is 693 g/mol. The summed E-state index contributed by atoms with van der Waals surface area (Å²) in [5, 5.41) is 8.30. The number of benzene rings is 2. The second-order valence-corrected chi connectivity index (χ2v) is 16.7. The van der Waals surface area contributed by atoms with E-state index in [-0.39, 0.29) is 12.1 Å². The largest absolute Gasteiger partial charge is 0.494 e. The van der Waals surface area contributed by atoms with Gasteiger partial charge in [-0.15, -0.1) is 0 Å². The maximum absolute atomic E-state index is 13.5. The number of carbonyl (C=O) groups is 1. The van der Waals surface area contributed by atoms with E-state index in [2.05, 4.69) is 60.5 Å². The fourth-order valence-electron chi connectivity index (χ4n) is 6.66. The van der Waals surface area contributed by atoms with Gasteiger partial charge >= 0.3 is 6.09 Å². The number of anilines is 5. The number of amides is 1. The molecule has 2 fully saturated rings. The summed E-state index contributed by atoms with van der Waals surface area (Å²) in [7, 11) is -1.03. The molecular formula is C35H43BrN7O4P. The summed E-state index contributed by atoms with van der Waals surface area (Å²) in [5.41, 5.74) is 4.48. The van der Waals surface area contributed by atoms with Gasteiger partial charge in [-0.1, -0.05) is 25.1 Å². The summed E-state index contributed by atoms with van der Waals surface area (Å²) >= 11 is 3.58. The summed E-state index contributed by atoms with van der Waals surface area (Å²) in [6.07, 6.45) is 8.89. The van der Waals surface area contributed by atoms with E-state index in [9.17, 15) is 9.36 Å². The quantitative estimate of drug-likeness (QED) is 0.166. The molecule has 4 aromatic rings. The number of cyclic esters (lactones) is 1. The molecule has 13 heteroatoms. The monoisotopic (exact) mass is 735 g/mol. The van der Waals surface area contributed by atoms with Gasteiger partial charge in [-0.05, 0) is 85.5 Å². The van der Waals surface area contributed by atoms with Crippen LogP contribution in [0, 0.1) is 0 Å². The molecule has 0 spiro atoms. The first-order valence-corrected chi connectivity index (χ1v) is 19.9. The van der Waals surface area contributed by atoms with Crippen molar-refractivity contribution in [2.45, 2.75) is 51.5 Å². The number of methoxy groups -OCH3 is 1. The molecule has 1 amide bonds. The summed E-state index contributed by atoms with van der Waals surface area (Å²) in [5.74, 6) is 1.57. The van der Waals surface area contributed by atoms with Gasteiger partial charge in [0.15, 0.2) is 0 Å². The number of pyridine rings is 1. The predicted octanol–water partition coefficient (Wildman–Crippen LogP) is 7.68. The van der Waals surface area contributed by atoms with Crippen molar-refractivity contribution in [3.63, 3.8) is 0 Å². The Hall–Kier alpha value is -3.89. The van der Waals surface area contributed by atoms with Crippen molar-refractivity contribution in [1.29, 1.82) is 0 Å². The van der Waals surface area contributed by atoms with Crippen LogP contribution >= 0.6 is 23.1 Å². The highest BCUT2D eigenvalue weighted by molar-refractivity contribution is 9.10. The molecule has 2 aromatic heterocycles. The zero-order valence-electron chi connectivity index (χ0n) is 28.0. The number of nitrogens with one attached hydrogen (secondary N) is 2. The molecule has 0 saturated carbocycles. The van der Waals surface area contributed by atoms with Gasteiger partial charge in [0.05, 0.1) is 41.3 Å². The normalized spacial score (nSPS) is 16.3. The minimum atomic E-state index is -2.69. The number of carbonyl (C=O) groups excluding carboxylic acids is 1. The first-order chi connectivity index (χ1) is 23.2. The second-order valence-electron chi connectivity index (χ2n) is 12.7. The third-order valence-corrected chi connectivity index (χ3v) is 11.2. The number of aromatic nitrogens is 3. The van der Waals surface area contributed by atoms with Gasteiger partial charge in [0, 0.05) is 54.3 Å². The summed E-state index contributed by atoms with van der Waals surface area (Å²) in [4.78, 5) is 30.9. The average Bonchev–Trinajstić information content (AvgIpc) is 3.07. The van der Waals surface area contributed by atoms with Crippen molar-refractivity contribution < 1.29 is 18.8 Å². The van der Waals surface area contributed by atoms with Crippen LogP contribution in [0.2, 0.25) is 0 Å². The zero-order valence-corrected chi connectivity index (χ0v) is 30.4. The molecule has 254 valence electrons. The molecule has 6 rings (SSSR count). The maximum atomic E-state index is 13.5. The lowest BCUT2D eigenvalue weighted by Gasteiger charge is -2.40. The van der Waals surface area contributed by atoms with Gasteiger partial charge in [0.25, 0.3) is 0 Å². The van der Waals surface area contributed by atoms with Gasteiger partial charge in [-0.2, -0.15) is 4.98 Å². The van der Waals surface area contributed by atoms with Crippen LogP contribution in [0.5, 0.6) is 5.75 Å². The van der Waals surface area contributed by atoms with Gasteiger partial charge < -0.3 is 34.5 Å². The van der Waals surface area contributed by atoms with E-state index in [1.165, 1.54) is 5.56 Å². The highest BCUT2D eigenvalue weighted by atomic mass is 79.9. The number of fused-ring (bicyclic) bond motifs is 1. The molecule has 2 aromatic carbocycles. The molecule has 2 saturated heterocycles. The number of ether oxygens (including phenoxy) is 2. The lowest BCUT2D eigenvalue weighted by molar-refractivity contribution is 0.0697. The number of hydrogen-bond donors (Lipinski definition) is 2. The van der Waals surface area contributed by atoms with E-state index in [1.807, 2.05) is 29.2 Å². The number of piperidine rings is 1. The van der Waals surface area contributed by atoms with Crippen LogP contribution in [0.4, 0.5) is 33.6 Å². The van der Waals surface area contributed by atoms with Crippen LogP contribution in [-0.2, 0) is 15.7 Å². The Morgan fingerprint density at radius 1 is 1.02 bits per heavy atom. The Morgan fingerprint density at radius 2 is 1.81 bits per heavy atom. The Kier molecular flexibility index (Phi) is 10.4. The molecule has 4 heterocycles. The molecule has 0 unspecified atom stereocenters. The number of rotatable bonds is 9. The van der Waals surface area contributed by atoms with Crippen molar-refractivity contribution in [3.05, 3.63) is 58.8 Å². The molecule has 2 N–H and O–H groups in total. The van der Waals surface area contributed by atoms with Gasteiger partial charge in [-0.3, -0.25) is 4.98 Å². The van der Waals surface area contributed by atoms with E-state index in [0.29, 0.717) is 34.3 Å². The van der Waals surface area contributed by atoms with Crippen molar-refractivity contribution >= 4 is 74.2 Å². The zero-order chi connectivity index (χ0) is 33.8. The fourth-order valence-corrected chi connectivity index (χ4v) is 8.42. The molecule has 0 atom stereocenters. The standard InChI is InChI=1S/C35H43BrN7O4P/c1-5-23-19-28(31(46-2)20-30(23)42-16-13-24(14-17-42)43-15-9-6-10-18-47-35(43)44)40-34-38-21-26(36)33(41-34)39-29-22-37-27-12-8-7-11-25(27)32(29)48(3,4)45/h7-8,11-12,19-22,24H,5-6,9-10,13-18H2,1-4H3,(H2,38,39,40,41). The molecule has 48 heavy (non-hydrogen) atoms. The topological polar surface area (TPSA) is 122 Å². The number of hydrogen-bond acceptors (Lipinski definition) is 10. The lowest BCUT2D eigenvalue weighted by atomic mass is 10.00. The Balaban J connectivity index is 1.22. The van der Waals surface area contributed by atoms with Crippen LogP contribution < -0.4 is 25.6 Å². The Morgan fingerprint density at radius 3 is 2.56 bits per heavy atom. The van der Waals surface area contributed by atoms with Crippen LogP contribution in [0.1, 0.15) is 44.6 Å². The number of nitrogens with zero attached hydrogens (tertiary/aromatic N) is 5. The number of halogens is 1. The van der Waals surface area contributed by atoms with Crippen LogP contribution in [0.15, 0.2) is 53.3 Å². The van der Waals surface area contributed by atoms with Crippen LogP contribution in [0.25, 0.3) is 10.9 Å². The van der Waals surface area contributed by atoms with Gasteiger partial charge in [0.1, 0.15) is 18.7 Å². The van der Waals surface area contributed by atoms with Crippen LogP contribution in [0.3, 0.4) is 0 Å². The molecule has 11 nitrogen and oxygen atoms in total. The second kappa shape index (κ2) is 14.7. The van der Waals surface area contributed by atoms with Gasteiger partial charge in [-0.25, -0.2) is 9.78 Å². The summed E-state index contributed by atoms with van der Waals surface area (Å²) < 4.78 is 25.5. The third-order valence-electron chi connectivity index (χ3n) is 9.06. The summed E-state index contributed by atoms with van der Waals surface area (Å²) in [6, 6.07) is 12.1. The van der Waals surface area contributed by atoms with E-state index in [4.69, 9.17) is 14.5 Å². The third kappa shape index (κ3) is 7.39. The van der Waals surface area contributed by atoms with E-state index in [0.717, 1.165) is 85.7 Å². The Labute approximate surface area is 290 Å². The molecule has 0 aliphatic carbocycles. The SMILES string of the molecule is CCc1cc(Nc2ncc(Br)c(Nc3cnc4ccccc4c3P(C)(C)=O)n2)c(OC)cc1N1CCC(N2CCCCCOC2=O)CC1. The predicted molar refractivity (Wildman–Crippen MR) is 197 cm³/mol. The van der Waals surface area contributed by atoms with Crippen molar-refractivity contribution in [1.82, 2.24) is 19.9 Å². The first kappa shape index (κ1) is 34.0. The minimum Gasteiger partial charge on any atom is -0.494 e. The molecule has 0 radical (unpaired) electrons. The Bertz CT molecular complexity index is 1840. The number of aryl methyl sites for hydroxylation is 1. The molecule has 2 aliphatic rings. The van der Waals surface area contributed by atoms with E-state index in [1.54, 1.807) is 32.8 Å². The molecule has 2 aliphatic heterocycles. The maximum Gasteiger partial charge on any atom is 0.410 e. The van der Waals surface area contributed by atoms with Crippen LogP contribution in [-0.4, -0.2) is 78.7 Å². The summed E-state index contributed by atoms with van der Waals surface area (Å²) in [6.45, 7) is 8.64. The average molecular weight is 737 g/mol. The number of para-hydroxylation sites is 1. The van der Waals surface area contributed by atoms with Crippen molar-refractivity contribution in [2.75, 3.05) is 62.2 Å². The van der Waals surface area contributed by atoms with Crippen molar-refractivity contribution in [2.24, 2.45) is 0 Å². The van der Waals surface area contributed by atoms with Gasteiger partial charge in [0.2, 0.25) is 5.95 Å². The highest BCUT2D eigenvalue weighted by Crippen LogP contribution is 2.42. The van der Waals surface area contributed by atoms with E-state index >= 15 is 0 Å². The lowest BCUT2D eigenvalue weighted by Crippen LogP contribution is -2.48. The fraction of sp³-hybridized carbons (Fsp3) is 0.429. The smallest absolute Gasteiger partial charge is 0.410 e.